The molecule has 1 saturated heterocycles. The van der Waals surface area contributed by atoms with Gasteiger partial charge in [0, 0.05) is 28.5 Å². The fourth-order valence-electron chi connectivity index (χ4n) is 3.27. The van der Waals surface area contributed by atoms with E-state index in [1.807, 2.05) is 35.4 Å². The zero-order chi connectivity index (χ0) is 18.7. The summed E-state index contributed by atoms with van der Waals surface area (Å²) >= 11 is 1.60. The zero-order valence-electron chi connectivity index (χ0n) is 15.3. The predicted octanol–water partition coefficient (Wildman–Crippen LogP) is 3.57. The summed E-state index contributed by atoms with van der Waals surface area (Å²) < 4.78 is 0. The number of nitriles is 1. The van der Waals surface area contributed by atoms with Gasteiger partial charge >= 0.3 is 0 Å². The number of aliphatic hydroxyl groups excluding tert-OH is 1. The first-order valence-corrected chi connectivity index (χ1v) is 9.75. The van der Waals surface area contributed by atoms with Crippen LogP contribution in [-0.4, -0.2) is 28.8 Å². The van der Waals surface area contributed by atoms with Gasteiger partial charge in [0.2, 0.25) is 0 Å². The van der Waals surface area contributed by atoms with E-state index in [1.54, 1.807) is 11.3 Å². The van der Waals surface area contributed by atoms with Crippen molar-refractivity contribution in [2.75, 3.05) is 11.5 Å². The fraction of sp³-hybridized carbons (Fsp3) is 0.429. The number of thiazole rings is 1. The van der Waals surface area contributed by atoms with Crippen molar-refractivity contribution in [2.24, 2.45) is 5.92 Å². The molecule has 0 spiro atoms. The molecule has 1 aromatic heterocycles. The van der Waals surface area contributed by atoms with Gasteiger partial charge in [-0.3, -0.25) is 0 Å². The third-order valence-corrected chi connectivity index (χ3v) is 5.80. The summed E-state index contributed by atoms with van der Waals surface area (Å²) in [6, 6.07) is 10.0. The molecular weight excluding hydrogens is 342 g/mol. The maximum atomic E-state index is 9.93. The van der Waals surface area contributed by atoms with E-state index in [0.29, 0.717) is 5.92 Å². The maximum Gasteiger partial charge on any atom is 0.186 e. The molecule has 3 atom stereocenters. The Labute approximate surface area is 159 Å². The third kappa shape index (κ3) is 3.46. The highest BCUT2D eigenvalue weighted by Crippen LogP contribution is 2.44. The van der Waals surface area contributed by atoms with E-state index in [4.69, 9.17) is 0 Å². The first-order valence-electron chi connectivity index (χ1n) is 8.94. The molecule has 26 heavy (non-hydrogen) atoms. The second-order valence-electron chi connectivity index (χ2n) is 6.77. The van der Waals surface area contributed by atoms with Gasteiger partial charge in [0.25, 0.3) is 0 Å². The van der Waals surface area contributed by atoms with Crippen LogP contribution in [0.4, 0.5) is 5.13 Å². The van der Waals surface area contributed by atoms with E-state index in [1.165, 1.54) is 4.88 Å². The number of nitrogens with zero attached hydrogens (tertiary/aromatic N) is 3. The van der Waals surface area contributed by atoms with Crippen molar-refractivity contribution in [3.63, 3.8) is 0 Å². The van der Waals surface area contributed by atoms with Gasteiger partial charge in [-0.2, -0.15) is 5.26 Å². The van der Waals surface area contributed by atoms with E-state index in [-0.39, 0.29) is 24.6 Å². The number of hydrogen-bond donors (Lipinski definition) is 1. The zero-order valence-corrected chi connectivity index (χ0v) is 16.1. The van der Waals surface area contributed by atoms with Crippen LogP contribution in [-0.2, 0) is 6.42 Å². The van der Waals surface area contributed by atoms with Crippen LogP contribution in [0.1, 0.15) is 42.7 Å². The van der Waals surface area contributed by atoms with Crippen LogP contribution in [0.25, 0.3) is 0 Å². The molecule has 1 aromatic carbocycles. The molecule has 2 heterocycles. The molecular formula is C21H23N3OS. The minimum absolute atomic E-state index is 0.00120. The first-order chi connectivity index (χ1) is 12.6. The highest BCUT2D eigenvalue weighted by atomic mass is 32.1. The summed E-state index contributed by atoms with van der Waals surface area (Å²) in [5.41, 5.74) is 2.04. The smallest absolute Gasteiger partial charge is 0.186 e. The van der Waals surface area contributed by atoms with Gasteiger partial charge in [-0.05, 0) is 24.1 Å². The van der Waals surface area contributed by atoms with Crippen molar-refractivity contribution in [1.82, 2.24) is 4.98 Å². The summed E-state index contributed by atoms with van der Waals surface area (Å²) in [6.07, 6.45) is 2.78. The Hall–Kier alpha value is -2.34. The standard InChI is InChI=1S/C21H23N3OS/c1-4-17-12-23-21(26-17)24-18(11-22)20(19(24)13-25)16-9-7-15(8-10-16)6-5-14(2)3/h7-10,12,14,18-20,25H,4,13H2,1-3H3/t18-,19+,20+/m0/s1. The van der Waals surface area contributed by atoms with Crippen LogP contribution >= 0.6 is 11.3 Å². The molecule has 0 radical (unpaired) electrons. The Balaban J connectivity index is 1.84. The quantitative estimate of drug-likeness (QED) is 0.842. The second-order valence-corrected chi connectivity index (χ2v) is 7.86. The van der Waals surface area contributed by atoms with Gasteiger partial charge < -0.3 is 10.0 Å². The minimum atomic E-state index is -0.310. The van der Waals surface area contributed by atoms with E-state index in [0.717, 1.165) is 22.7 Å². The van der Waals surface area contributed by atoms with Crippen molar-refractivity contribution in [1.29, 1.82) is 5.26 Å². The van der Waals surface area contributed by atoms with Crippen molar-refractivity contribution in [3.05, 3.63) is 46.5 Å². The maximum absolute atomic E-state index is 9.93. The topological polar surface area (TPSA) is 60.1 Å². The van der Waals surface area contributed by atoms with Gasteiger partial charge in [0.15, 0.2) is 5.13 Å². The van der Waals surface area contributed by atoms with E-state index >= 15 is 0 Å². The molecule has 0 saturated carbocycles. The molecule has 2 aromatic rings. The summed E-state index contributed by atoms with van der Waals surface area (Å²) in [5, 5.41) is 20.5. The molecule has 134 valence electrons. The van der Waals surface area contributed by atoms with Crippen LogP contribution < -0.4 is 4.90 Å². The predicted molar refractivity (Wildman–Crippen MR) is 105 cm³/mol. The van der Waals surface area contributed by atoms with Gasteiger partial charge in [0.1, 0.15) is 6.04 Å². The van der Waals surface area contributed by atoms with Crippen molar-refractivity contribution in [3.8, 4) is 17.9 Å². The van der Waals surface area contributed by atoms with Crippen molar-refractivity contribution in [2.45, 2.75) is 45.2 Å². The Bertz CT molecular complexity index is 854. The van der Waals surface area contributed by atoms with Crippen LogP contribution in [0.2, 0.25) is 0 Å². The number of anilines is 1. The van der Waals surface area contributed by atoms with Gasteiger partial charge in [0.05, 0.1) is 18.7 Å². The summed E-state index contributed by atoms with van der Waals surface area (Å²) in [5.74, 6) is 6.63. The SMILES string of the molecule is CCc1cnc(N2[C@H](CO)[C@H](c3ccc(C#CC(C)C)cc3)[C@@H]2C#N)s1. The number of hydrogen-bond acceptors (Lipinski definition) is 5. The largest absolute Gasteiger partial charge is 0.394 e. The van der Waals surface area contributed by atoms with Gasteiger partial charge in [-0.25, -0.2) is 4.98 Å². The van der Waals surface area contributed by atoms with Crippen LogP contribution in [0.15, 0.2) is 30.5 Å². The Morgan fingerprint density at radius 1 is 1.31 bits per heavy atom. The van der Waals surface area contributed by atoms with Crippen LogP contribution in [0.5, 0.6) is 0 Å². The second kappa shape index (κ2) is 7.91. The number of rotatable bonds is 4. The molecule has 4 nitrogen and oxygen atoms in total. The number of aliphatic hydroxyl groups is 1. The number of aryl methyl sites for hydroxylation is 1. The Morgan fingerprint density at radius 3 is 2.58 bits per heavy atom. The molecule has 0 unspecified atom stereocenters. The monoisotopic (exact) mass is 365 g/mol. The molecule has 1 aliphatic heterocycles. The molecule has 0 bridgehead atoms. The Kier molecular flexibility index (Phi) is 5.61. The van der Waals surface area contributed by atoms with Crippen LogP contribution in [0, 0.1) is 29.1 Å². The highest BCUT2D eigenvalue weighted by Gasteiger charge is 2.50. The molecule has 3 rings (SSSR count). The average Bonchev–Trinajstić information content (AvgIpc) is 3.09. The molecule has 1 fully saturated rings. The van der Waals surface area contributed by atoms with Gasteiger partial charge in [-0.15, -0.1) is 11.3 Å². The molecule has 1 aliphatic rings. The third-order valence-electron chi connectivity index (χ3n) is 4.64. The molecule has 0 aliphatic carbocycles. The normalized spacial score (nSPS) is 21.7. The lowest BCUT2D eigenvalue weighted by atomic mass is 9.76. The summed E-state index contributed by atoms with van der Waals surface area (Å²) in [7, 11) is 0. The fourth-order valence-corrected chi connectivity index (χ4v) is 4.21. The lowest BCUT2D eigenvalue weighted by Crippen LogP contribution is -2.63. The lowest BCUT2D eigenvalue weighted by Gasteiger charge is -2.51. The van der Waals surface area contributed by atoms with Crippen LogP contribution in [0.3, 0.4) is 0 Å². The average molecular weight is 366 g/mol. The first kappa shape index (κ1) is 18.5. The number of aromatic nitrogens is 1. The molecule has 1 N–H and O–H groups in total. The van der Waals surface area contributed by atoms with Gasteiger partial charge in [-0.1, -0.05) is 44.7 Å². The molecule has 0 amide bonds. The van der Waals surface area contributed by atoms with E-state index in [2.05, 4.69) is 43.7 Å². The van der Waals surface area contributed by atoms with E-state index < -0.39 is 0 Å². The highest BCUT2D eigenvalue weighted by molar-refractivity contribution is 7.15. The minimum Gasteiger partial charge on any atom is -0.394 e. The number of benzene rings is 1. The Morgan fingerprint density at radius 2 is 2.04 bits per heavy atom. The van der Waals surface area contributed by atoms with Crippen molar-refractivity contribution >= 4 is 16.5 Å². The van der Waals surface area contributed by atoms with E-state index in [9.17, 15) is 10.4 Å². The summed E-state index contributed by atoms with van der Waals surface area (Å²) in [6.45, 7) is 6.22. The molecule has 5 heteroatoms. The lowest BCUT2D eigenvalue weighted by molar-refractivity contribution is 0.187. The summed E-state index contributed by atoms with van der Waals surface area (Å²) in [4.78, 5) is 7.60. The van der Waals surface area contributed by atoms with Crippen molar-refractivity contribution < 1.29 is 5.11 Å².